The van der Waals surface area contributed by atoms with Gasteiger partial charge in [-0.2, -0.15) is 0 Å². The number of hydrogen-bond donors (Lipinski definition) is 1. The summed E-state index contributed by atoms with van der Waals surface area (Å²) in [5.74, 6) is 0.694. The number of carbonyl (C=O) groups excluding carboxylic acids is 1. The molecule has 1 amide bonds. The summed E-state index contributed by atoms with van der Waals surface area (Å²) in [6.45, 7) is 11.9. The second-order valence-corrected chi connectivity index (χ2v) is 5.44. The zero-order valence-corrected chi connectivity index (χ0v) is 16.8. The highest BCUT2D eigenvalue weighted by Crippen LogP contribution is 2.34. The predicted molar refractivity (Wildman–Crippen MR) is 111 cm³/mol. The third kappa shape index (κ3) is 4.51. The van der Waals surface area contributed by atoms with Crippen LogP contribution < -0.4 is 5.43 Å². The number of amides is 1. The van der Waals surface area contributed by atoms with E-state index in [2.05, 4.69) is 5.43 Å². The first-order chi connectivity index (χ1) is 12.6. The van der Waals surface area contributed by atoms with Gasteiger partial charge in [0.25, 0.3) is 5.91 Å². The number of anilines is 1. The molecule has 0 fully saturated rings. The average Bonchev–Trinajstić information content (AvgIpc) is 2.98. The molecule has 0 radical (unpaired) electrons. The van der Waals surface area contributed by atoms with Crippen LogP contribution in [0.25, 0.3) is 0 Å². The summed E-state index contributed by atoms with van der Waals surface area (Å²) < 4.78 is 0. The number of benzene rings is 2. The van der Waals surface area contributed by atoms with E-state index < -0.39 is 5.54 Å². The van der Waals surface area contributed by atoms with Crippen molar-refractivity contribution in [3.63, 3.8) is 0 Å². The Bertz CT molecular complexity index is 698. The molecular formula is C22H31N3O. The van der Waals surface area contributed by atoms with Crippen molar-refractivity contribution in [1.82, 2.24) is 5.01 Å². The van der Waals surface area contributed by atoms with Gasteiger partial charge >= 0.3 is 0 Å². The van der Waals surface area contributed by atoms with Crippen molar-refractivity contribution in [2.75, 3.05) is 5.43 Å². The van der Waals surface area contributed by atoms with Crippen LogP contribution in [0.1, 0.15) is 53.5 Å². The Morgan fingerprint density at radius 3 is 1.92 bits per heavy atom. The van der Waals surface area contributed by atoms with Crippen LogP contribution in [-0.2, 0) is 10.3 Å². The number of para-hydroxylation sites is 1. The minimum atomic E-state index is -0.867. The monoisotopic (exact) mass is 353 g/mol. The molecule has 0 saturated heterocycles. The summed E-state index contributed by atoms with van der Waals surface area (Å²) in [6, 6.07) is 19.4. The van der Waals surface area contributed by atoms with E-state index in [1.165, 1.54) is 0 Å². The van der Waals surface area contributed by atoms with Crippen molar-refractivity contribution >= 4 is 17.4 Å². The van der Waals surface area contributed by atoms with E-state index >= 15 is 0 Å². The molecule has 0 spiro atoms. The van der Waals surface area contributed by atoms with Crippen LogP contribution in [0, 0.1) is 0 Å². The Labute approximate surface area is 157 Å². The van der Waals surface area contributed by atoms with Gasteiger partial charge < -0.3 is 0 Å². The number of nitrogens with zero attached hydrogens (tertiary/aromatic N) is 2. The summed E-state index contributed by atoms with van der Waals surface area (Å²) in [5.41, 5.74) is 4.08. The summed E-state index contributed by atoms with van der Waals surface area (Å²) >= 11 is 0. The molecule has 26 heavy (non-hydrogen) atoms. The molecule has 1 aliphatic rings. The normalized spacial score (nSPS) is 18.2. The van der Waals surface area contributed by atoms with E-state index in [1.807, 2.05) is 102 Å². The van der Waals surface area contributed by atoms with Gasteiger partial charge in [-0.05, 0) is 24.6 Å². The lowest BCUT2D eigenvalue weighted by Gasteiger charge is -2.24. The predicted octanol–water partition coefficient (Wildman–Crippen LogP) is 5.63. The zero-order chi connectivity index (χ0) is 19.6. The van der Waals surface area contributed by atoms with E-state index in [0.29, 0.717) is 6.42 Å². The molecule has 0 saturated carbocycles. The van der Waals surface area contributed by atoms with Crippen LogP contribution in [0.5, 0.6) is 0 Å². The van der Waals surface area contributed by atoms with E-state index in [1.54, 1.807) is 5.01 Å². The number of hydrogen-bond acceptors (Lipinski definition) is 3. The molecule has 1 heterocycles. The average molecular weight is 354 g/mol. The van der Waals surface area contributed by atoms with E-state index in [4.69, 9.17) is 4.99 Å². The lowest BCUT2D eigenvalue weighted by molar-refractivity contribution is -0.130. The first-order valence-corrected chi connectivity index (χ1v) is 9.45. The smallest absolute Gasteiger partial charge is 0.279 e. The van der Waals surface area contributed by atoms with Gasteiger partial charge in [0.15, 0.2) is 5.54 Å². The number of rotatable bonds is 4. The highest BCUT2D eigenvalue weighted by molar-refractivity contribution is 6.09. The highest BCUT2D eigenvalue weighted by Gasteiger charge is 2.45. The van der Waals surface area contributed by atoms with Gasteiger partial charge in [-0.1, -0.05) is 83.1 Å². The minimum absolute atomic E-state index is 0.0561. The quantitative estimate of drug-likeness (QED) is 0.774. The van der Waals surface area contributed by atoms with E-state index in [9.17, 15) is 4.79 Å². The molecule has 3 rings (SSSR count). The van der Waals surface area contributed by atoms with Crippen LogP contribution in [0.15, 0.2) is 65.7 Å². The van der Waals surface area contributed by atoms with Crippen LogP contribution in [-0.4, -0.2) is 16.8 Å². The topological polar surface area (TPSA) is 44.7 Å². The first-order valence-electron chi connectivity index (χ1n) is 9.45. The van der Waals surface area contributed by atoms with Crippen LogP contribution >= 0.6 is 0 Å². The van der Waals surface area contributed by atoms with Crippen LogP contribution in [0.4, 0.5) is 5.69 Å². The zero-order valence-electron chi connectivity index (χ0n) is 16.8. The number of nitrogens with one attached hydrogen (secondary N) is 1. The molecule has 2 aromatic rings. The van der Waals surface area contributed by atoms with Crippen LogP contribution in [0.2, 0.25) is 0 Å². The molecule has 1 atom stereocenters. The van der Waals surface area contributed by atoms with Crippen molar-refractivity contribution in [1.29, 1.82) is 0 Å². The lowest BCUT2D eigenvalue weighted by atomic mass is 9.92. The second kappa shape index (κ2) is 10.4. The Morgan fingerprint density at radius 2 is 1.42 bits per heavy atom. The van der Waals surface area contributed by atoms with Gasteiger partial charge in [0, 0.05) is 6.42 Å². The third-order valence-electron chi connectivity index (χ3n) is 3.90. The van der Waals surface area contributed by atoms with Crippen molar-refractivity contribution in [2.45, 2.75) is 53.5 Å². The first kappa shape index (κ1) is 21.4. The summed E-state index contributed by atoms with van der Waals surface area (Å²) in [5, 5.41) is 1.57. The molecule has 0 unspecified atom stereocenters. The van der Waals surface area contributed by atoms with Crippen molar-refractivity contribution in [3.05, 3.63) is 66.2 Å². The molecule has 2 aromatic carbocycles. The summed E-state index contributed by atoms with van der Waals surface area (Å²) in [6.07, 6.45) is 0.688. The maximum atomic E-state index is 13.0. The summed E-state index contributed by atoms with van der Waals surface area (Å²) in [4.78, 5) is 17.6. The van der Waals surface area contributed by atoms with Gasteiger partial charge in [0.05, 0.1) is 5.69 Å². The Morgan fingerprint density at radius 1 is 0.923 bits per heavy atom. The fourth-order valence-electron chi connectivity index (χ4n) is 2.64. The second-order valence-electron chi connectivity index (χ2n) is 5.44. The van der Waals surface area contributed by atoms with E-state index in [0.717, 1.165) is 17.1 Å². The molecule has 140 valence electrons. The molecule has 4 nitrogen and oxygen atoms in total. The maximum Gasteiger partial charge on any atom is 0.279 e. The number of hydrazine groups is 1. The molecular weight excluding hydrogens is 322 g/mol. The van der Waals surface area contributed by atoms with Gasteiger partial charge in [-0.15, -0.1) is 0 Å². The maximum absolute atomic E-state index is 13.0. The van der Waals surface area contributed by atoms with Gasteiger partial charge in [-0.25, -0.2) is 10.0 Å². The summed E-state index contributed by atoms with van der Waals surface area (Å²) in [7, 11) is 0. The Hall–Kier alpha value is -2.62. The van der Waals surface area contributed by atoms with Crippen molar-refractivity contribution < 1.29 is 4.79 Å². The SMILES string of the molecule is CC.CC.CCC1=N[C@@](C)(c2ccccc2)C(=O)N1Nc1ccccc1. The standard InChI is InChI=1S/C18H19N3O.2C2H6/c1-3-16-19-18(2,14-10-6-4-7-11-14)17(22)21(16)20-15-12-8-5-9-13-15;2*1-2/h4-13,20H,3H2,1-2H3;2*1-2H3/t18-;;/m0../s1. The van der Waals surface area contributed by atoms with E-state index in [-0.39, 0.29) is 5.91 Å². The fourth-order valence-corrected chi connectivity index (χ4v) is 2.64. The van der Waals surface area contributed by atoms with Gasteiger partial charge in [0.2, 0.25) is 0 Å². The minimum Gasteiger partial charge on any atom is -0.290 e. The van der Waals surface area contributed by atoms with Crippen molar-refractivity contribution in [2.24, 2.45) is 4.99 Å². The number of aliphatic imine (C=N–C) groups is 1. The van der Waals surface area contributed by atoms with Crippen LogP contribution in [0.3, 0.4) is 0 Å². The largest absolute Gasteiger partial charge is 0.290 e. The van der Waals surface area contributed by atoms with Gasteiger partial charge in [-0.3, -0.25) is 10.2 Å². The highest BCUT2D eigenvalue weighted by atomic mass is 16.2. The number of amidine groups is 1. The fraction of sp³-hybridized carbons (Fsp3) is 0.364. The number of carbonyl (C=O) groups is 1. The Balaban J connectivity index is 0.000000791. The lowest BCUT2D eigenvalue weighted by Crippen LogP contribution is -2.42. The van der Waals surface area contributed by atoms with Gasteiger partial charge in [0.1, 0.15) is 5.84 Å². The van der Waals surface area contributed by atoms with Crippen molar-refractivity contribution in [3.8, 4) is 0 Å². The molecule has 4 heteroatoms. The molecule has 1 aliphatic heterocycles. The molecule has 0 bridgehead atoms. The molecule has 0 aromatic heterocycles. The molecule has 0 aliphatic carbocycles. The Kier molecular flexibility index (Phi) is 8.56. The molecule has 1 N–H and O–H groups in total. The third-order valence-corrected chi connectivity index (χ3v) is 3.90.